The average Bonchev–Trinajstić information content (AvgIpc) is 2.78. The fourth-order valence-corrected chi connectivity index (χ4v) is 3.15. The summed E-state index contributed by atoms with van der Waals surface area (Å²) in [6.07, 6.45) is 3.07. The van der Waals surface area contributed by atoms with E-state index in [1.165, 1.54) is 41.1 Å². The van der Waals surface area contributed by atoms with E-state index in [4.69, 9.17) is 16.3 Å². The van der Waals surface area contributed by atoms with Gasteiger partial charge in [0.15, 0.2) is 0 Å². The van der Waals surface area contributed by atoms with Gasteiger partial charge in [-0.3, -0.25) is 9.59 Å². The van der Waals surface area contributed by atoms with Gasteiger partial charge in [0.2, 0.25) is 0 Å². The van der Waals surface area contributed by atoms with Crippen LogP contribution in [0.25, 0.3) is 0 Å². The molecule has 0 bridgehead atoms. The predicted molar refractivity (Wildman–Crippen MR) is 121 cm³/mol. The molecule has 3 aromatic rings. The van der Waals surface area contributed by atoms with E-state index in [-0.39, 0.29) is 22.7 Å². The van der Waals surface area contributed by atoms with E-state index in [1.807, 2.05) is 6.92 Å². The summed E-state index contributed by atoms with van der Waals surface area (Å²) in [5.41, 5.74) is 0.826. The van der Waals surface area contributed by atoms with Crippen LogP contribution in [0.4, 0.5) is 10.1 Å². The van der Waals surface area contributed by atoms with Gasteiger partial charge in [-0.05, 0) is 48.9 Å². The first-order chi connectivity index (χ1) is 15.4. The zero-order valence-corrected chi connectivity index (χ0v) is 18.2. The van der Waals surface area contributed by atoms with E-state index in [0.29, 0.717) is 17.9 Å². The molecule has 0 aliphatic carbocycles. The molecule has 32 heavy (non-hydrogen) atoms. The van der Waals surface area contributed by atoms with Gasteiger partial charge in [-0.25, -0.2) is 9.18 Å². The molecule has 8 heteroatoms. The first-order valence-corrected chi connectivity index (χ1v) is 10.5. The summed E-state index contributed by atoms with van der Waals surface area (Å²) in [6.45, 7) is 2.26. The van der Waals surface area contributed by atoms with Crippen molar-refractivity contribution >= 4 is 29.2 Å². The molecular weight excluding hydrogens is 435 g/mol. The van der Waals surface area contributed by atoms with Gasteiger partial charge in [-0.15, -0.1) is 0 Å². The summed E-state index contributed by atoms with van der Waals surface area (Å²) in [7, 11) is 0. The quantitative estimate of drug-likeness (QED) is 0.386. The lowest BCUT2D eigenvalue weighted by Crippen LogP contribution is -2.23. The highest BCUT2D eigenvalue weighted by molar-refractivity contribution is 6.31. The van der Waals surface area contributed by atoms with E-state index >= 15 is 0 Å². The van der Waals surface area contributed by atoms with Crippen molar-refractivity contribution in [2.24, 2.45) is 0 Å². The highest BCUT2D eigenvalue weighted by Crippen LogP contribution is 2.20. The monoisotopic (exact) mass is 456 g/mol. The van der Waals surface area contributed by atoms with Gasteiger partial charge in [0.25, 0.3) is 11.5 Å². The fraction of sp³-hybridized carbons (Fsp3) is 0.208. The third-order valence-electron chi connectivity index (χ3n) is 4.75. The zero-order chi connectivity index (χ0) is 23.1. The first-order valence-electron chi connectivity index (χ1n) is 10.1. The second kappa shape index (κ2) is 10.7. The topological polar surface area (TPSA) is 77.4 Å². The molecule has 0 saturated carbocycles. The maximum atomic E-state index is 14.1. The van der Waals surface area contributed by atoms with Crippen molar-refractivity contribution in [1.82, 2.24) is 4.57 Å². The van der Waals surface area contributed by atoms with Gasteiger partial charge in [0, 0.05) is 28.5 Å². The molecule has 2 aromatic carbocycles. The number of pyridine rings is 1. The number of nitrogens with one attached hydrogen (secondary N) is 1. The Bertz CT molecular complexity index is 1160. The molecule has 166 valence electrons. The third kappa shape index (κ3) is 5.82. The van der Waals surface area contributed by atoms with Crippen LogP contribution in [0.1, 0.15) is 46.0 Å². The van der Waals surface area contributed by atoms with Gasteiger partial charge >= 0.3 is 5.97 Å². The summed E-state index contributed by atoms with van der Waals surface area (Å²) in [6, 6.07) is 13.2. The van der Waals surface area contributed by atoms with Crippen LogP contribution in [-0.4, -0.2) is 23.1 Å². The molecule has 0 radical (unpaired) electrons. The number of anilines is 1. The third-order valence-corrected chi connectivity index (χ3v) is 5.10. The molecule has 0 fully saturated rings. The smallest absolute Gasteiger partial charge is 0.338 e. The Morgan fingerprint density at radius 2 is 1.78 bits per heavy atom. The number of carbonyl (C=O) groups is 2. The second-order valence-electron chi connectivity index (χ2n) is 7.11. The molecule has 0 aliphatic heterocycles. The van der Waals surface area contributed by atoms with Crippen molar-refractivity contribution in [3.05, 3.63) is 98.7 Å². The number of aromatic nitrogens is 1. The van der Waals surface area contributed by atoms with Crippen LogP contribution in [0.3, 0.4) is 0 Å². The lowest BCUT2D eigenvalue weighted by atomic mass is 10.2. The van der Waals surface area contributed by atoms with Crippen molar-refractivity contribution in [2.45, 2.75) is 26.3 Å². The molecular formula is C24H22ClFN2O4. The molecule has 0 atom stereocenters. The molecule has 1 heterocycles. The number of nitrogens with zero attached hydrogens (tertiary/aromatic N) is 1. The molecule has 0 spiro atoms. The van der Waals surface area contributed by atoms with Gasteiger partial charge in [-0.1, -0.05) is 31.0 Å². The number of unbranched alkanes of at least 4 members (excludes halogenated alkanes) is 1. The molecule has 1 N–H and O–H groups in total. The number of amides is 1. The zero-order valence-electron chi connectivity index (χ0n) is 17.4. The molecule has 1 amide bonds. The largest absolute Gasteiger partial charge is 0.462 e. The molecule has 6 nitrogen and oxygen atoms in total. The highest BCUT2D eigenvalue weighted by Gasteiger charge is 2.13. The van der Waals surface area contributed by atoms with Crippen molar-refractivity contribution in [2.75, 3.05) is 11.9 Å². The minimum atomic E-state index is -0.535. The molecule has 0 saturated heterocycles. The Balaban J connectivity index is 1.71. The van der Waals surface area contributed by atoms with Crippen molar-refractivity contribution < 1.29 is 18.7 Å². The van der Waals surface area contributed by atoms with Crippen LogP contribution in [0, 0.1) is 5.82 Å². The lowest BCUT2D eigenvalue weighted by molar-refractivity contribution is 0.0499. The number of rotatable bonds is 8. The number of ether oxygens (including phenoxy) is 1. The Hall–Kier alpha value is -3.45. The maximum Gasteiger partial charge on any atom is 0.338 e. The summed E-state index contributed by atoms with van der Waals surface area (Å²) < 4.78 is 20.4. The first kappa shape index (κ1) is 23.2. The van der Waals surface area contributed by atoms with Gasteiger partial charge in [-0.2, -0.15) is 0 Å². The van der Waals surface area contributed by atoms with E-state index < -0.39 is 23.3 Å². The van der Waals surface area contributed by atoms with Gasteiger partial charge in [0.05, 0.1) is 24.3 Å². The Morgan fingerprint density at radius 1 is 1.06 bits per heavy atom. The Labute approximate surface area is 189 Å². The summed E-state index contributed by atoms with van der Waals surface area (Å²) in [4.78, 5) is 36.8. The van der Waals surface area contributed by atoms with Crippen LogP contribution in [0.5, 0.6) is 0 Å². The molecule has 0 aliphatic rings. The van der Waals surface area contributed by atoms with Gasteiger partial charge in [0.1, 0.15) is 5.82 Å². The normalized spacial score (nSPS) is 10.6. The van der Waals surface area contributed by atoms with Crippen molar-refractivity contribution in [1.29, 1.82) is 0 Å². The highest BCUT2D eigenvalue weighted by atomic mass is 35.5. The second-order valence-corrected chi connectivity index (χ2v) is 7.51. The van der Waals surface area contributed by atoms with Gasteiger partial charge < -0.3 is 14.6 Å². The van der Waals surface area contributed by atoms with Crippen LogP contribution in [0.15, 0.2) is 65.6 Å². The number of esters is 1. The van der Waals surface area contributed by atoms with Crippen molar-refractivity contribution in [3.8, 4) is 0 Å². The standard InChI is InChI=1S/C24H22ClFN2O4/c1-2-3-13-32-24(31)16-7-10-18(11-8-16)27-23(30)17-9-12-22(29)28(14-17)15-19-20(25)5-4-6-21(19)26/h4-12,14H,2-3,13,15H2,1H3,(H,27,30). The maximum absolute atomic E-state index is 14.1. The van der Waals surface area contributed by atoms with Crippen LogP contribution in [-0.2, 0) is 11.3 Å². The summed E-state index contributed by atoms with van der Waals surface area (Å²) in [5, 5.41) is 2.90. The predicted octanol–water partition coefficient (Wildman–Crippen LogP) is 4.90. The average molecular weight is 457 g/mol. The molecule has 3 rings (SSSR count). The number of benzene rings is 2. The van der Waals surface area contributed by atoms with Crippen LogP contribution >= 0.6 is 11.6 Å². The number of carbonyl (C=O) groups excluding carboxylic acids is 2. The number of hydrogen-bond donors (Lipinski definition) is 1. The Morgan fingerprint density at radius 3 is 2.47 bits per heavy atom. The lowest BCUT2D eigenvalue weighted by Gasteiger charge is -2.11. The number of hydrogen-bond acceptors (Lipinski definition) is 4. The van der Waals surface area contributed by atoms with Crippen molar-refractivity contribution in [3.63, 3.8) is 0 Å². The van der Waals surface area contributed by atoms with Crippen LogP contribution in [0.2, 0.25) is 5.02 Å². The minimum Gasteiger partial charge on any atom is -0.462 e. The van der Waals surface area contributed by atoms with Crippen LogP contribution < -0.4 is 10.9 Å². The SMILES string of the molecule is CCCCOC(=O)c1ccc(NC(=O)c2ccc(=O)n(Cc3c(F)cccc3Cl)c2)cc1. The minimum absolute atomic E-state index is 0.111. The Kier molecular flexibility index (Phi) is 7.78. The van der Waals surface area contributed by atoms with E-state index in [9.17, 15) is 18.8 Å². The number of halogens is 2. The molecule has 1 aromatic heterocycles. The van der Waals surface area contributed by atoms with E-state index in [1.54, 1.807) is 24.3 Å². The van der Waals surface area contributed by atoms with E-state index in [0.717, 1.165) is 12.8 Å². The summed E-state index contributed by atoms with van der Waals surface area (Å²) in [5.74, 6) is -1.42. The fourth-order valence-electron chi connectivity index (χ4n) is 2.93. The molecule has 0 unspecified atom stereocenters. The summed E-state index contributed by atoms with van der Waals surface area (Å²) >= 11 is 6.04. The van der Waals surface area contributed by atoms with E-state index in [2.05, 4.69) is 5.32 Å².